The minimum atomic E-state index is -0.397. The van der Waals surface area contributed by atoms with Gasteiger partial charge in [-0.1, -0.05) is 0 Å². The Labute approximate surface area is 132 Å². The summed E-state index contributed by atoms with van der Waals surface area (Å²) >= 11 is 0. The zero-order chi connectivity index (χ0) is 16.4. The highest BCUT2D eigenvalue weighted by atomic mass is 16.5. The zero-order valence-electron chi connectivity index (χ0n) is 12.8. The first-order chi connectivity index (χ1) is 11.1. The van der Waals surface area contributed by atoms with Crippen molar-refractivity contribution >= 4 is 16.9 Å². The van der Waals surface area contributed by atoms with Crippen LogP contribution in [0.1, 0.15) is 17.3 Å². The molecule has 0 aliphatic carbocycles. The lowest BCUT2D eigenvalue weighted by Gasteiger charge is -2.08. The van der Waals surface area contributed by atoms with Crippen LogP contribution in [0.25, 0.3) is 16.7 Å². The van der Waals surface area contributed by atoms with Crippen molar-refractivity contribution in [1.29, 1.82) is 0 Å². The van der Waals surface area contributed by atoms with Crippen molar-refractivity contribution in [2.45, 2.75) is 6.92 Å². The van der Waals surface area contributed by atoms with Crippen LogP contribution in [0.3, 0.4) is 0 Å². The van der Waals surface area contributed by atoms with Gasteiger partial charge in [-0.05, 0) is 31.2 Å². The fourth-order valence-electron chi connectivity index (χ4n) is 2.38. The van der Waals surface area contributed by atoms with Gasteiger partial charge in [0.25, 0.3) is 0 Å². The topological polar surface area (TPSA) is 73.6 Å². The van der Waals surface area contributed by atoms with Gasteiger partial charge in [0, 0.05) is 23.8 Å². The van der Waals surface area contributed by atoms with Crippen LogP contribution in [-0.4, -0.2) is 34.3 Å². The summed E-state index contributed by atoms with van der Waals surface area (Å²) in [6.07, 6.45) is 3.32. The van der Waals surface area contributed by atoms with Gasteiger partial charge in [-0.25, -0.2) is 9.78 Å². The molecule has 2 aromatic heterocycles. The molecule has 0 fully saturated rings. The van der Waals surface area contributed by atoms with Crippen molar-refractivity contribution in [1.82, 2.24) is 9.55 Å². The van der Waals surface area contributed by atoms with Crippen molar-refractivity contribution in [2.24, 2.45) is 0 Å². The second-order valence-electron chi connectivity index (χ2n) is 4.89. The number of hydrogen-bond donors (Lipinski definition) is 1. The molecule has 0 saturated carbocycles. The van der Waals surface area contributed by atoms with E-state index in [1.807, 2.05) is 16.8 Å². The van der Waals surface area contributed by atoms with E-state index in [2.05, 4.69) is 4.98 Å². The molecule has 1 aromatic carbocycles. The van der Waals surface area contributed by atoms with Gasteiger partial charge >= 0.3 is 5.97 Å². The molecular weight excluding hydrogens is 296 g/mol. The highest BCUT2D eigenvalue weighted by Crippen LogP contribution is 2.32. The van der Waals surface area contributed by atoms with Crippen molar-refractivity contribution in [3.63, 3.8) is 0 Å². The number of benzene rings is 1. The van der Waals surface area contributed by atoms with Crippen LogP contribution >= 0.6 is 0 Å². The monoisotopic (exact) mass is 312 g/mol. The van der Waals surface area contributed by atoms with E-state index in [0.29, 0.717) is 23.7 Å². The molecule has 0 saturated heterocycles. The molecule has 1 N–H and O–H groups in total. The maximum absolute atomic E-state index is 11.7. The van der Waals surface area contributed by atoms with E-state index in [-0.39, 0.29) is 5.75 Å². The Hall–Kier alpha value is -3.02. The third kappa shape index (κ3) is 2.70. The van der Waals surface area contributed by atoms with Gasteiger partial charge in [0.05, 0.1) is 24.8 Å². The summed E-state index contributed by atoms with van der Waals surface area (Å²) in [5, 5.41) is 10.9. The van der Waals surface area contributed by atoms with Gasteiger partial charge in [0.1, 0.15) is 5.82 Å². The van der Waals surface area contributed by atoms with Crippen LogP contribution in [0.4, 0.5) is 0 Å². The Kier molecular flexibility index (Phi) is 3.89. The van der Waals surface area contributed by atoms with Gasteiger partial charge in [0.15, 0.2) is 11.5 Å². The second kappa shape index (κ2) is 6.00. The van der Waals surface area contributed by atoms with Gasteiger partial charge in [-0.2, -0.15) is 0 Å². The number of phenolic OH excluding ortho intramolecular Hbond substituents is 1. The molecule has 0 aliphatic heterocycles. The molecule has 0 atom stereocenters. The van der Waals surface area contributed by atoms with Gasteiger partial charge in [-0.3, -0.25) is 0 Å². The fraction of sp³-hybridized carbons (Fsp3) is 0.176. The number of fused-ring (bicyclic) bond motifs is 1. The molecule has 0 spiro atoms. The standard InChI is InChI=1S/C17H16N2O4/c1-3-23-17(21)12-4-5-16(18-10-12)19-7-6-11-8-15(22-2)14(20)9-13(11)19/h4-10,20H,3H2,1-2H3. The lowest BCUT2D eigenvalue weighted by Crippen LogP contribution is -2.06. The molecule has 118 valence electrons. The summed E-state index contributed by atoms with van der Waals surface area (Å²) in [6.45, 7) is 2.08. The quantitative estimate of drug-likeness (QED) is 0.750. The predicted octanol–water partition coefficient (Wildman–Crippen LogP) is 2.92. The largest absolute Gasteiger partial charge is 0.504 e. The number of methoxy groups -OCH3 is 1. The fourth-order valence-corrected chi connectivity index (χ4v) is 2.38. The van der Waals surface area contributed by atoms with E-state index < -0.39 is 5.97 Å². The summed E-state index contributed by atoms with van der Waals surface area (Å²) in [4.78, 5) is 16.0. The average Bonchev–Trinajstić information content (AvgIpc) is 2.97. The summed E-state index contributed by atoms with van der Waals surface area (Å²) < 4.78 is 11.9. The van der Waals surface area contributed by atoms with Crippen LogP contribution in [0, 0.1) is 0 Å². The number of carbonyl (C=O) groups is 1. The van der Waals surface area contributed by atoms with Crippen molar-refractivity contribution < 1.29 is 19.4 Å². The molecule has 3 rings (SSSR count). The molecule has 6 nitrogen and oxygen atoms in total. The van der Waals surface area contributed by atoms with Crippen LogP contribution in [0.2, 0.25) is 0 Å². The van der Waals surface area contributed by atoms with Crippen LogP contribution in [0.15, 0.2) is 42.7 Å². The van der Waals surface area contributed by atoms with Crippen LogP contribution in [0.5, 0.6) is 11.5 Å². The number of ether oxygens (including phenoxy) is 2. The molecule has 6 heteroatoms. The van der Waals surface area contributed by atoms with Crippen molar-refractivity contribution in [3.05, 3.63) is 48.3 Å². The van der Waals surface area contributed by atoms with E-state index in [1.54, 1.807) is 31.2 Å². The van der Waals surface area contributed by atoms with Gasteiger partial charge < -0.3 is 19.1 Å². The summed E-state index contributed by atoms with van der Waals surface area (Å²) in [6, 6.07) is 8.67. The number of hydrogen-bond acceptors (Lipinski definition) is 5. The van der Waals surface area contributed by atoms with E-state index in [4.69, 9.17) is 9.47 Å². The second-order valence-corrected chi connectivity index (χ2v) is 4.89. The molecule has 0 amide bonds. The first kappa shape index (κ1) is 14.9. The molecule has 0 radical (unpaired) electrons. The molecule has 0 aliphatic rings. The van der Waals surface area contributed by atoms with E-state index in [9.17, 15) is 9.90 Å². The number of esters is 1. The normalized spacial score (nSPS) is 10.7. The minimum absolute atomic E-state index is 0.0584. The number of phenols is 1. The molecular formula is C17H16N2O4. The zero-order valence-corrected chi connectivity index (χ0v) is 12.8. The number of nitrogens with zero attached hydrogens (tertiary/aromatic N) is 2. The number of pyridine rings is 1. The van der Waals surface area contributed by atoms with Crippen molar-refractivity contribution in [2.75, 3.05) is 13.7 Å². The SMILES string of the molecule is CCOC(=O)c1ccc(-n2ccc3cc(OC)c(O)cc32)nc1. The number of rotatable bonds is 4. The van der Waals surface area contributed by atoms with Crippen LogP contribution in [-0.2, 0) is 4.74 Å². The number of aromatic hydroxyl groups is 1. The Morgan fingerprint density at radius 3 is 2.78 bits per heavy atom. The first-order valence-electron chi connectivity index (χ1n) is 7.15. The summed E-state index contributed by atoms with van der Waals surface area (Å²) in [7, 11) is 1.51. The number of aromatic nitrogens is 2. The predicted molar refractivity (Wildman–Crippen MR) is 85.2 cm³/mol. The molecule has 23 heavy (non-hydrogen) atoms. The Morgan fingerprint density at radius 1 is 1.30 bits per heavy atom. The van der Waals surface area contributed by atoms with E-state index in [0.717, 1.165) is 10.9 Å². The molecule has 2 heterocycles. The Bertz CT molecular complexity index is 853. The average molecular weight is 312 g/mol. The minimum Gasteiger partial charge on any atom is -0.504 e. The highest BCUT2D eigenvalue weighted by molar-refractivity contribution is 5.89. The molecule has 3 aromatic rings. The molecule has 0 unspecified atom stereocenters. The summed E-state index contributed by atoms with van der Waals surface area (Å²) in [5.41, 5.74) is 1.19. The van der Waals surface area contributed by atoms with E-state index in [1.165, 1.54) is 13.3 Å². The maximum Gasteiger partial charge on any atom is 0.339 e. The number of carbonyl (C=O) groups excluding carboxylic acids is 1. The lowest BCUT2D eigenvalue weighted by molar-refractivity contribution is 0.0526. The van der Waals surface area contributed by atoms with Gasteiger partial charge in [-0.15, -0.1) is 0 Å². The first-order valence-corrected chi connectivity index (χ1v) is 7.15. The Balaban J connectivity index is 2.00. The van der Waals surface area contributed by atoms with Gasteiger partial charge in [0.2, 0.25) is 0 Å². The highest BCUT2D eigenvalue weighted by Gasteiger charge is 2.11. The lowest BCUT2D eigenvalue weighted by atomic mass is 10.2. The van der Waals surface area contributed by atoms with Crippen LogP contribution < -0.4 is 4.74 Å². The molecule has 0 bridgehead atoms. The smallest absolute Gasteiger partial charge is 0.339 e. The van der Waals surface area contributed by atoms with Crippen molar-refractivity contribution in [3.8, 4) is 17.3 Å². The third-order valence-electron chi connectivity index (χ3n) is 3.50. The summed E-state index contributed by atoms with van der Waals surface area (Å²) in [5.74, 6) is 0.716. The van der Waals surface area contributed by atoms with E-state index >= 15 is 0 Å². The third-order valence-corrected chi connectivity index (χ3v) is 3.50. The maximum atomic E-state index is 11.7. The Morgan fingerprint density at radius 2 is 2.13 bits per heavy atom.